The van der Waals surface area contributed by atoms with Crippen LogP contribution in [0.1, 0.15) is 21.5 Å². The fourth-order valence-electron chi connectivity index (χ4n) is 3.40. The van der Waals surface area contributed by atoms with E-state index in [-0.39, 0.29) is 11.4 Å². The molecule has 0 radical (unpaired) electrons. The minimum atomic E-state index is -0.598. The molecule has 0 saturated carbocycles. The second-order valence-corrected chi connectivity index (χ2v) is 8.67. The van der Waals surface area contributed by atoms with Gasteiger partial charge in [-0.05, 0) is 23.3 Å². The largest absolute Gasteiger partial charge is 0.422 e. The number of ketones is 1. The first-order chi connectivity index (χ1) is 14.2. The minimum absolute atomic E-state index is 0.103. The number of hydrogen-bond donors (Lipinski definition) is 0. The Morgan fingerprint density at radius 2 is 1.17 bits per heavy atom. The Labute approximate surface area is 175 Å². The Balaban J connectivity index is 1.76. The van der Waals surface area contributed by atoms with Crippen LogP contribution in [0.4, 0.5) is 0 Å². The van der Waals surface area contributed by atoms with Crippen molar-refractivity contribution in [3.8, 4) is 5.75 Å². The molecule has 140 valence electrons. The van der Waals surface area contributed by atoms with E-state index in [1.165, 1.54) is 10.8 Å². The van der Waals surface area contributed by atoms with E-state index in [1.807, 2.05) is 60.7 Å². The second-order valence-electron chi connectivity index (χ2n) is 6.52. The molecule has 5 heteroatoms. The Kier molecular flexibility index (Phi) is 4.62. The topological polar surface area (TPSA) is 43.4 Å². The lowest BCUT2D eigenvalue weighted by Crippen LogP contribution is -2.26. The van der Waals surface area contributed by atoms with Crippen molar-refractivity contribution in [1.82, 2.24) is 0 Å². The maximum absolute atomic E-state index is 13.2. The summed E-state index contributed by atoms with van der Waals surface area (Å²) in [5.74, 6) is -0.571. The molecule has 0 N–H and O–H groups in total. The summed E-state index contributed by atoms with van der Waals surface area (Å²) in [6.07, 6.45) is 0. The molecule has 3 aromatic carbocycles. The minimum Gasteiger partial charge on any atom is -0.422 e. The fraction of sp³-hybridized carbons (Fsp3) is 0. The zero-order chi connectivity index (χ0) is 19.8. The first-order valence-corrected chi connectivity index (χ1v) is 11.2. The molecule has 0 aromatic heterocycles. The highest BCUT2D eigenvalue weighted by Crippen LogP contribution is 2.59. The Hall–Kier alpha value is -3.02. The number of esters is 1. The number of ether oxygens (including phenoxy) is 1. The van der Waals surface area contributed by atoms with Crippen LogP contribution in [0.5, 0.6) is 5.75 Å². The molecule has 29 heavy (non-hydrogen) atoms. The molecule has 2 aliphatic heterocycles. The normalized spacial score (nSPS) is 18.6. The van der Waals surface area contributed by atoms with E-state index in [2.05, 4.69) is 0 Å². The van der Waals surface area contributed by atoms with Gasteiger partial charge in [-0.3, -0.25) is 4.79 Å². The van der Waals surface area contributed by atoms with Gasteiger partial charge >= 0.3 is 5.97 Å². The lowest BCUT2D eigenvalue weighted by Gasteiger charge is -2.19. The van der Waals surface area contributed by atoms with Crippen LogP contribution in [0.3, 0.4) is 0 Å². The lowest BCUT2D eigenvalue weighted by molar-refractivity contribution is -0.130. The summed E-state index contributed by atoms with van der Waals surface area (Å²) in [4.78, 5) is 27.7. The fourth-order valence-corrected chi connectivity index (χ4v) is 6.27. The molecular weight excluding hydrogens is 400 g/mol. The van der Waals surface area contributed by atoms with E-state index in [9.17, 15) is 9.59 Å². The summed E-state index contributed by atoms with van der Waals surface area (Å²) >= 11 is 0. The molecule has 0 bridgehead atoms. The van der Waals surface area contributed by atoms with Crippen molar-refractivity contribution in [2.45, 2.75) is 0 Å². The number of benzene rings is 3. The van der Waals surface area contributed by atoms with Gasteiger partial charge in [-0.25, -0.2) is 4.79 Å². The number of allylic oxidation sites excluding steroid dienone is 1. The first-order valence-electron chi connectivity index (χ1n) is 9.04. The van der Waals surface area contributed by atoms with E-state index in [0.717, 1.165) is 21.6 Å². The standard InChI is InChI=1S/C24H14O3S2/c25-21-17-13-7-8-14-18(17)27-24(26)20(21)23-19(15-9-3-1-4-10-15)22(28-29-23)16-11-5-2-6-12-16/h1-14H/b23-20+. The average molecular weight is 415 g/mol. The molecule has 5 rings (SSSR count). The van der Waals surface area contributed by atoms with Crippen molar-refractivity contribution in [3.63, 3.8) is 0 Å². The van der Waals surface area contributed by atoms with Gasteiger partial charge in [0.1, 0.15) is 11.3 Å². The van der Waals surface area contributed by atoms with E-state index < -0.39 is 5.97 Å². The molecule has 0 amide bonds. The molecular formula is C24H14O3S2. The van der Waals surface area contributed by atoms with Crippen molar-refractivity contribution in [3.05, 3.63) is 112 Å². The van der Waals surface area contributed by atoms with Crippen molar-refractivity contribution in [1.29, 1.82) is 0 Å². The van der Waals surface area contributed by atoms with Crippen LogP contribution in [0.15, 0.2) is 95.4 Å². The van der Waals surface area contributed by atoms with Gasteiger partial charge < -0.3 is 4.74 Å². The molecule has 0 atom stereocenters. The van der Waals surface area contributed by atoms with Crippen LogP contribution >= 0.6 is 21.6 Å². The molecule has 0 saturated heterocycles. The Bertz CT molecular complexity index is 1200. The maximum Gasteiger partial charge on any atom is 0.348 e. The van der Waals surface area contributed by atoms with Gasteiger partial charge in [-0.2, -0.15) is 0 Å². The van der Waals surface area contributed by atoms with Crippen LogP contribution in [-0.4, -0.2) is 11.8 Å². The van der Waals surface area contributed by atoms with Gasteiger partial charge in [0.25, 0.3) is 0 Å². The average Bonchev–Trinajstić information content (AvgIpc) is 3.20. The Morgan fingerprint density at radius 1 is 0.586 bits per heavy atom. The van der Waals surface area contributed by atoms with Crippen LogP contribution in [-0.2, 0) is 4.79 Å². The van der Waals surface area contributed by atoms with Gasteiger partial charge in [-0.1, -0.05) is 94.4 Å². The monoisotopic (exact) mass is 414 g/mol. The van der Waals surface area contributed by atoms with Crippen molar-refractivity contribution < 1.29 is 14.3 Å². The van der Waals surface area contributed by atoms with E-state index >= 15 is 0 Å². The molecule has 0 unspecified atom stereocenters. The molecule has 0 spiro atoms. The summed E-state index contributed by atoms with van der Waals surface area (Å²) in [5, 5.41) is 0. The SMILES string of the molecule is O=C1Oc2ccccc2C(=O)/C1=C1\SSC(c2ccccc2)=C1c1ccccc1. The highest BCUT2D eigenvalue weighted by atomic mass is 33.1. The van der Waals surface area contributed by atoms with Gasteiger partial charge in [0, 0.05) is 15.4 Å². The number of fused-ring (bicyclic) bond motifs is 1. The smallest absolute Gasteiger partial charge is 0.348 e. The maximum atomic E-state index is 13.2. The highest BCUT2D eigenvalue weighted by Gasteiger charge is 2.38. The van der Waals surface area contributed by atoms with E-state index in [1.54, 1.807) is 35.1 Å². The first kappa shape index (κ1) is 18.0. The molecule has 0 aliphatic carbocycles. The van der Waals surface area contributed by atoms with Crippen molar-refractivity contribution >= 4 is 43.8 Å². The predicted molar refractivity (Wildman–Crippen MR) is 118 cm³/mol. The summed E-state index contributed by atoms with van der Waals surface area (Å²) in [7, 11) is 3.00. The second kappa shape index (κ2) is 7.43. The van der Waals surface area contributed by atoms with E-state index in [0.29, 0.717) is 16.2 Å². The van der Waals surface area contributed by atoms with Gasteiger partial charge in [0.05, 0.1) is 5.56 Å². The molecule has 3 aromatic rings. The third-order valence-corrected chi connectivity index (χ3v) is 7.27. The number of carbonyl (C=O) groups is 2. The number of hydrogen-bond acceptors (Lipinski definition) is 5. The summed E-state index contributed by atoms with van der Waals surface area (Å²) in [5.41, 5.74) is 3.43. The summed E-state index contributed by atoms with van der Waals surface area (Å²) in [6, 6.07) is 26.7. The van der Waals surface area contributed by atoms with Crippen molar-refractivity contribution in [2.75, 3.05) is 0 Å². The van der Waals surface area contributed by atoms with Crippen LogP contribution in [0, 0.1) is 0 Å². The van der Waals surface area contributed by atoms with E-state index in [4.69, 9.17) is 4.74 Å². The lowest BCUT2D eigenvalue weighted by atomic mass is 9.94. The molecule has 3 nitrogen and oxygen atoms in total. The Morgan fingerprint density at radius 3 is 1.90 bits per heavy atom. The number of rotatable bonds is 2. The molecule has 2 aliphatic rings. The van der Waals surface area contributed by atoms with Crippen LogP contribution in [0.2, 0.25) is 0 Å². The molecule has 0 fully saturated rings. The van der Waals surface area contributed by atoms with Gasteiger partial charge in [0.2, 0.25) is 5.78 Å². The van der Waals surface area contributed by atoms with Crippen LogP contribution in [0.25, 0.3) is 10.5 Å². The third-order valence-electron chi connectivity index (χ3n) is 4.75. The number of para-hydroxylation sites is 1. The number of Topliss-reactive ketones (excluding diaryl/α,β-unsaturated/α-hetero) is 1. The van der Waals surface area contributed by atoms with Gasteiger partial charge in [0.15, 0.2) is 0 Å². The zero-order valence-electron chi connectivity index (χ0n) is 15.1. The molecule has 2 heterocycles. The highest BCUT2D eigenvalue weighted by molar-refractivity contribution is 8.82. The predicted octanol–water partition coefficient (Wildman–Crippen LogP) is 6.01. The third kappa shape index (κ3) is 3.12. The summed E-state index contributed by atoms with van der Waals surface area (Å²) in [6.45, 7) is 0. The van der Waals surface area contributed by atoms with Gasteiger partial charge in [-0.15, -0.1) is 0 Å². The zero-order valence-corrected chi connectivity index (χ0v) is 16.8. The quantitative estimate of drug-likeness (QED) is 0.169. The van der Waals surface area contributed by atoms with Crippen LogP contribution < -0.4 is 4.74 Å². The number of carbonyl (C=O) groups excluding carboxylic acids is 2. The summed E-state index contributed by atoms with van der Waals surface area (Å²) < 4.78 is 5.49. The van der Waals surface area contributed by atoms with Crippen molar-refractivity contribution in [2.24, 2.45) is 0 Å².